The van der Waals surface area contributed by atoms with Gasteiger partial charge in [-0.1, -0.05) is 6.92 Å². The molecule has 1 aromatic rings. The van der Waals surface area contributed by atoms with Crippen LogP contribution in [0.15, 0.2) is 29.2 Å². The number of hydrogen-bond donors (Lipinski definition) is 1. The van der Waals surface area contributed by atoms with E-state index in [-0.39, 0.29) is 10.8 Å². The molecule has 1 fully saturated rings. The fourth-order valence-corrected chi connectivity index (χ4v) is 3.70. The van der Waals surface area contributed by atoms with Crippen LogP contribution < -0.4 is 4.72 Å². The number of piperazine rings is 1. The van der Waals surface area contributed by atoms with E-state index in [0.29, 0.717) is 19.5 Å². The van der Waals surface area contributed by atoms with E-state index < -0.39 is 21.9 Å². The highest BCUT2D eigenvalue weighted by atomic mass is 32.2. The maximum atomic E-state index is 12.9. The zero-order chi connectivity index (χ0) is 17.0. The summed E-state index contributed by atoms with van der Waals surface area (Å²) in [6, 6.07) is 3.72. The predicted molar refractivity (Wildman–Crippen MR) is 84.9 cm³/mol. The van der Waals surface area contributed by atoms with Crippen LogP contribution in [0.5, 0.6) is 0 Å². The molecule has 0 bridgehead atoms. The van der Waals surface area contributed by atoms with E-state index in [9.17, 15) is 17.6 Å². The van der Waals surface area contributed by atoms with Crippen molar-refractivity contribution < 1.29 is 17.6 Å². The lowest BCUT2D eigenvalue weighted by Crippen LogP contribution is -2.54. The molecule has 0 spiro atoms. The summed E-state index contributed by atoms with van der Waals surface area (Å²) in [5, 5.41) is 0. The standard InChI is InChI=1S/C15H22FN3O3S/c1-3-14(15(20)19-10-8-18(2)9-11-19)17-23(21,22)13-6-4-12(16)5-7-13/h4-7,14,17H,3,8-11H2,1-2H3. The molecule has 1 aliphatic heterocycles. The average molecular weight is 343 g/mol. The Hall–Kier alpha value is -1.51. The van der Waals surface area contributed by atoms with Gasteiger partial charge in [-0.3, -0.25) is 4.79 Å². The number of carbonyl (C=O) groups is 1. The topological polar surface area (TPSA) is 69.7 Å². The van der Waals surface area contributed by atoms with E-state index >= 15 is 0 Å². The van der Waals surface area contributed by atoms with E-state index in [4.69, 9.17) is 0 Å². The minimum Gasteiger partial charge on any atom is -0.339 e. The Kier molecular flexibility index (Phi) is 5.72. The molecule has 0 saturated carbocycles. The maximum absolute atomic E-state index is 12.9. The average Bonchev–Trinajstić information content (AvgIpc) is 2.53. The van der Waals surface area contributed by atoms with Crippen LogP contribution in [-0.4, -0.2) is 63.4 Å². The van der Waals surface area contributed by atoms with Gasteiger partial charge in [-0.05, 0) is 37.7 Å². The summed E-state index contributed by atoms with van der Waals surface area (Å²) in [6.07, 6.45) is 0.353. The van der Waals surface area contributed by atoms with Gasteiger partial charge < -0.3 is 9.80 Å². The molecule has 1 unspecified atom stereocenters. The molecule has 1 heterocycles. The third-order valence-electron chi connectivity index (χ3n) is 3.94. The molecule has 1 aliphatic rings. The third-order valence-corrected chi connectivity index (χ3v) is 5.43. The van der Waals surface area contributed by atoms with E-state index in [1.807, 2.05) is 7.05 Å². The Balaban J connectivity index is 2.08. The highest BCUT2D eigenvalue weighted by molar-refractivity contribution is 7.89. The quantitative estimate of drug-likeness (QED) is 0.853. The number of likely N-dealkylation sites (N-methyl/N-ethyl adjacent to an activating group) is 1. The monoisotopic (exact) mass is 343 g/mol. The van der Waals surface area contributed by atoms with Crippen molar-refractivity contribution in [2.45, 2.75) is 24.3 Å². The Morgan fingerprint density at radius 1 is 1.22 bits per heavy atom. The predicted octanol–water partition coefficient (Wildman–Crippen LogP) is 0.657. The van der Waals surface area contributed by atoms with Crippen molar-refractivity contribution in [1.29, 1.82) is 0 Å². The van der Waals surface area contributed by atoms with Crippen molar-refractivity contribution in [3.8, 4) is 0 Å². The third kappa shape index (κ3) is 4.49. The summed E-state index contributed by atoms with van der Waals surface area (Å²) in [6.45, 7) is 4.47. The fourth-order valence-electron chi connectivity index (χ4n) is 2.42. The van der Waals surface area contributed by atoms with Crippen molar-refractivity contribution in [3.05, 3.63) is 30.1 Å². The van der Waals surface area contributed by atoms with Gasteiger partial charge in [-0.25, -0.2) is 12.8 Å². The van der Waals surface area contributed by atoms with Gasteiger partial charge in [0.05, 0.1) is 4.90 Å². The molecule has 0 aliphatic carbocycles. The van der Waals surface area contributed by atoms with Gasteiger partial charge in [-0.15, -0.1) is 0 Å². The number of carbonyl (C=O) groups excluding carboxylic acids is 1. The number of halogens is 1. The van der Waals surface area contributed by atoms with Crippen LogP contribution in [0.25, 0.3) is 0 Å². The van der Waals surface area contributed by atoms with Crippen molar-refractivity contribution in [2.24, 2.45) is 0 Å². The molecule has 2 rings (SSSR count). The van der Waals surface area contributed by atoms with Crippen LogP contribution >= 0.6 is 0 Å². The van der Waals surface area contributed by atoms with Gasteiger partial charge in [0.15, 0.2) is 0 Å². The van der Waals surface area contributed by atoms with Gasteiger partial charge in [0.1, 0.15) is 11.9 Å². The van der Waals surface area contributed by atoms with Gasteiger partial charge in [-0.2, -0.15) is 4.72 Å². The number of benzene rings is 1. The second-order valence-electron chi connectivity index (χ2n) is 5.66. The molecule has 1 atom stereocenters. The van der Waals surface area contributed by atoms with Crippen LogP contribution in [0.2, 0.25) is 0 Å². The summed E-state index contributed by atoms with van der Waals surface area (Å²) >= 11 is 0. The molecule has 1 N–H and O–H groups in total. The number of amides is 1. The highest BCUT2D eigenvalue weighted by Crippen LogP contribution is 2.12. The Morgan fingerprint density at radius 2 is 1.78 bits per heavy atom. The van der Waals surface area contributed by atoms with Crippen LogP contribution in [0.1, 0.15) is 13.3 Å². The first-order valence-electron chi connectivity index (χ1n) is 7.58. The first kappa shape index (κ1) is 17.8. The smallest absolute Gasteiger partial charge is 0.241 e. The summed E-state index contributed by atoms with van der Waals surface area (Å²) in [5.41, 5.74) is 0. The molecule has 1 amide bonds. The molecule has 128 valence electrons. The lowest BCUT2D eigenvalue weighted by Gasteiger charge is -2.34. The first-order chi connectivity index (χ1) is 10.8. The summed E-state index contributed by atoms with van der Waals surface area (Å²) in [5.74, 6) is -0.726. The highest BCUT2D eigenvalue weighted by Gasteiger charge is 2.29. The zero-order valence-electron chi connectivity index (χ0n) is 13.3. The molecule has 0 radical (unpaired) electrons. The van der Waals surface area contributed by atoms with Crippen LogP contribution in [0.3, 0.4) is 0 Å². The molecule has 6 nitrogen and oxygen atoms in total. The number of nitrogens with one attached hydrogen (secondary N) is 1. The van der Waals surface area contributed by atoms with E-state index in [2.05, 4.69) is 9.62 Å². The normalized spacial score (nSPS) is 18.0. The van der Waals surface area contributed by atoms with Gasteiger partial charge >= 0.3 is 0 Å². The van der Waals surface area contributed by atoms with Crippen LogP contribution in [-0.2, 0) is 14.8 Å². The maximum Gasteiger partial charge on any atom is 0.241 e. The van der Waals surface area contributed by atoms with Crippen molar-refractivity contribution in [1.82, 2.24) is 14.5 Å². The first-order valence-corrected chi connectivity index (χ1v) is 9.07. The summed E-state index contributed by atoms with van der Waals surface area (Å²) in [4.78, 5) is 16.3. The molecular formula is C15H22FN3O3S. The molecule has 0 aromatic heterocycles. The fraction of sp³-hybridized carbons (Fsp3) is 0.533. The van der Waals surface area contributed by atoms with Crippen LogP contribution in [0.4, 0.5) is 4.39 Å². The zero-order valence-corrected chi connectivity index (χ0v) is 14.1. The molecular weight excluding hydrogens is 321 g/mol. The van der Waals surface area contributed by atoms with Crippen molar-refractivity contribution in [3.63, 3.8) is 0 Å². The Labute approximate surface area is 136 Å². The Morgan fingerprint density at radius 3 is 2.30 bits per heavy atom. The molecule has 23 heavy (non-hydrogen) atoms. The molecule has 1 aromatic carbocycles. The van der Waals surface area contributed by atoms with E-state index in [0.717, 1.165) is 25.2 Å². The second kappa shape index (κ2) is 7.37. The van der Waals surface area contributed by atoms with Crippen molar-refractivity contribution in [2.75, 3.05) is 33.2 Å². The van der Waals surface area contributed by atoms with Gasteiger partial charge in [0.2, 0.25) is 15.9 Å². The second-order valence-corrected chi connectivity index (χ2v) is 7.38. The minimum absolute atomic E-state index is 0.0523. The number of rotatable bonds is 5. The Bertz CT molecular complexity index is 640. The minimum atomic E-state index is -3.86. The van der Waals surface area contributed by atoms with Gasteiger partial charge in [0, 0.05) is 26.2 Å². The number of nitrogens with zero attached hydrogens (tertiary/aromatic N) is 2. The lowest BCUT2D eigenvalue weighted by atomic mass is 10.2. The molecule has 8 heteroatoms. The molecule has 1 saturated heterocycles. The summed E-state index contributed by atoms with van der Waals surface area (Å²) in [7, 11) is -1.87. The largest absolute Gasteiger partial charge is 0.339 e. The number of sulfonamides is 1. The van der Waals surface area contributed by atoms with E-state index in [1.54, 1.807) is 11.8 Å². The SMILES string of the molecule is CCC(NS(=O)(=O)c1ccc(F)cc1)C(=O)N1CCN(C)CC1. The van der Waals surface area contributed by atoms with Crippen molar-refractivity contribution >= 4 is 15.9 Å². The number of hydrogen-bond acceptors (Lipinski definition) is 4. The van der Waals surface area contributed by atoms with E-state index in [1.165, 1.54) is 12.1 Å². The summed E-state index contributed by atoms with van der Waals surface area (Å²) < 4.78 is 40.0. The van der Waals surface area contributed by atoms with Gasteiger partial charge in [0.25, 0.3) is 0 Å². The van der Waals surface area contributed by atoms with Crippen LogP contribution in [0, 0.1) is 5.82 Å². The lowest BCUT2D eigenvalue weighted by molar-refractivity contribution is -0.134.